The number of pyridine rings is 2. The average Bonchev–Trinajstić information content (AvgIpc) is 3.57. The number of ether oxygens (including phenoxy) is 7. The number of aromatic nitrogens is 4. The summed E-state index contributed by atoms with van der Waals surface area (Å²) in [6.07, 6.45) is -1.40. The number of piperazine rings is 1. The lowest BCUT2D eigenvalue weighted by Crippen LogP contribution is -2.49. The molecule has 0 unspecified atom stereocenters. The van der Waals surface area contributed by atoms with Gasteiger partial charge >= 0.3 is 11.9 Å². The summed E-state index contributed by atoms with van der Waals surface area (Å²) in [6, 6.07) is 13.0. The van der Waals surface area contributed by atoms with Gasteiger partial charge in [0, 0.05) is 73.6 Å². The molecule has 1 amide bonds. The number of amides is 1. The maximum absolute atomic E-state index is 14.8. The standard InChI is InChI=1S/C43H52F3N9O9/c1-52-38-30-48-36-6-3-31(32-4-8-39(58-2)49-29-32)27-34(36)41(38)55(42(52)57)33-5-7-37(35(28-33)43(44,45)46)53-11-13-54(14-12-53)40(56)9-15-59-17-19-61-21-23-63-25-26-64-24-22-62-20-18-60-16-10-50-51-47/h3-8,27-30H,9-26H2,1-2H3. The van der Waals surface area contributed by atoms with Crippen molar-refractivity contribution in [3.8, 4) is 22.7 Å². The minimum absolute atomic E-state index is 0.0270. The second-order valence-corrected chi connectivity index (χ2v) is 14.4. The fourth-order valence-corrected chi connectivity index (χ4v) is 7.12. The van der Waals surface area contributed by atoms with Crippen molar-refractivity contribution in [1.82, 2.24) is 24.0 Å². The second-order valence-electron chi connectivity index (χ2n) is 14.4. The van der Waals surface area contributed by atoms with Crippen molar-refractivity contribution in [2.75, 3.05) is 124 Å². The number of nitrogens with zero attached hydrogens (tertiary/aromatic N) is 9. The third-order valence-electron chi connectivity index (χ3n) is 10.4. The van der Waals surface area contributed by atoms with Crippen LogP contribution >= 0.6 is 0 Å². The first-order valence-corrected chi connectivity index (χ1v) is 20.8. The van der Waals surface area contributed by atoms with Crippen LogP contribution in [0.4, 0.5) is 18.9 Å². The van der Waals surface area contributed by atoms with Gasteiger partial charge in [0.2, 0.25) is 11.8 Å². The number of alkyl halides is 3. The summed E-state index contributed by atoms with van der Waals surface area (Å²) in [5.41, 5.74) is 9.82. The molecule has 2 aromatic carbocycles. The SMILES string of the molecule is COc1ccc(-c2ccc3ncc4c(c3c2)n(-c2ccc(N3CCN(C(=O)CCOCCOCCOCCOCCOCCOCCN=[N+]=[N-])CC3)c(C(F)(F)F)c2)c(=O)n4C)cn1. The van der Waals surface area contributed by atoms with E-state index < -0.39 is 17.4 Å². The maximum atomic E-state index is 14.8. The Morgan fingerprint density at radius 1 is 0.766 bits per heavy atom. The average molecular weight is 896 g/mol. The molecule has 6 rings (SSSR count). The molecule has 344 valence electrons. The summed E-state index contributed by atoms with van der Waals surface area (Å²) in [5.74, 6) is 0.300. The lowest BCUT2D eigenvalue weighted by atomic mass is 10.0. The van der Waals surface area contributed by atoms with Crippen LogP contribution in [0.25, 0.3) is 49.2 Å². The van der Waals surface area contributed by atoms with E-state index in [-0.39, 0.29) is 56.5 Å². The minimum Gasteiger partial charge on any atom is -0.481 e. The van der Waals surface area contributed by atoms with Gasteiger partial charge < -0.3 is 43.0 Å². The molecule has 0 saturated carbocycles. The largest absolute Gasteiger partial charge is 0.481 e. The number of anilines is 1. The van der Waals surface area contributed by atoms with Crippen molar-refractivity contribution in [2.24, 2.45) is 12.2 Å². The molecule has 0 aliphatic carbocycles. The van der Waals surface area contributed by atoms with E-state index in [4.69, 9.17) is 38.7 Å². The van der Waals surface area contributed by atoms with Gasteiger partial charge in [-0.05, 0) is 47.5 Å². The summed E-state index contributed by atoms with van der Waals surface area (Å²) >= 11 is 0. The molecule has 21 heteroatoms. The van der Waals surface area contributed by atoms with Crippen LogP contribution in [-0.2, 0) is 46.4 Å². The Morgan fingerprint density at radius 3 is 1.95 bits per heavy atom. The third kappa shape index (κ3) is 12.7. The van der Waals surface area contributed by atoms with Gasteiger partial charge in [0.05, 0.1) is 127 Å². The zero-order chi connectivity index (χ0) is 45.3. The molecular weight excluding hydrogens is 844 g/mol. The number of carbonyl (C=O) groups excluding carboxylic acids is 1. The van der Waals surface area contributed by atoms with Crippen LogP contribution < -0.4 is 15.3 Å². The van der Waals surface area contributed by atoms with Crippen LogP contribution in [0.3, 0.4) is 0 Å². The molecular formula is C43H52F3N9O9. The van der Waals surface area contributed by atoms with Crippen molar-refractivity contribution in [2.45, 2.75) is 12.6 Å². The van der Waals surface area contributed by atoms with Crippen molar-refractivity contribution in [1.29, 1.82) is 0 Å². The first-order valence-electron chi connectivity index (χ1n) is 20.8. The van der Waals surface area contributed by atoms with Gasteiger partial charge in [-0.15, -0.1) is 0 Å². The van der Waals surface area contributed by atoms with E-state index in [1.54, 1.807) is 41.4 Å². The molecule has 1 aliphatic heterocycles. The molecule has 0 atom stereocenters. The van der Waals surface area contributed by atoms with E-state index in [0.717, 1.165) is 17.2 Å². The number of azide groups is 1. The van der Waals surface area contributed by atoms with Gasteiger partial charge in [0.1, 0.15) is 0 Å². The Bertz CT molecular complexity index is 2400. The maximum Gasteiger partial charge on any atom is 0.418 e. The fraction of sp³-hybridized carbons (Fsp3) is 0.488. The van der Waals surface area contributed by atoms with Gasteiger partial charge in [-0.2, -0.15) is 13.2 Å². The molecule has 4 heterocycles. The Morgan fingerprint density at radius 2 is 1.38 bits per heavy atom. The molecule has 5 aromatic rings. The zero-order valence-electron chi connectivity index (χ0n) is 35.8. The van der Waals surface area contributed by atoms with Gasteiger partial charge in [-0.3, -0.25) is 18.9 Å². The summed E-state index contributed by atoms with van der Waals surface area (Å²) in [7, 11) is 3.08. The second kappa shape index (κ2) is 23.8. The van der Waals surface area contributed by atoms with Gasteiger partial charge in [-0.25, -0.2) is 9.78 Å². The number of carbonyl (C=O) groups is 1. The summed E-state index contributed by atoms with van der Waals surface area (Å²) in [5, 5.41) is 3.95. The van der Waals surface area contributed by atoms with Crippen LogP contribution in [0.5, 0.6) is 5.88 Å². The van der Waals surface area contributed by atoms with Crippen molar-refractivity contribution < 1.29 is 51.1 Å². The molecule has 0 N–H and O–H groups in total. The van der Waals surface area contributed by atoms with Crippen LogP contribution in [0.15, 0.2) is 70.8 Å². The van der Waals surface area contributed by atoms with E-state index >= 15 is 0 Å². The first-order chi connectivity index (χ1) is 31.1. The predicted octanol–water partition coefficient (Wildman–Crippen LogP) is 5.42. The van der Waals surface area contributed by atoms with Crippen molar-refractivity contribution >= 4 is 33.5 Å². The molecule has 0 radical (unpaired) electrons. The number of aryl methyl sites for hydroxylation is 1. The number of rotatable bonds is 25. The number of imidazole rings is 1. The van der Waals surface area contributed by atoms with Crippen LogP contribution in [-0.4, -0.2) is 149 Å². The van der Waals surface area contributed by atoms with Crippen LogP contribution in [0.1, 0.15) is 12.0 Å². The lowest BCUT2D eigenvalue weighted by molar-refractivity contribution is -0.137. The third-order valence-corrected chi connectivity index (χ3v) is 10.4. The number of hydrogen-bond donors (Lipinski definition) is 0. The normalized spacial score (nSPS) is 13.2. The van der Waals surface area contributed by atoms with Crippen molar-refractivity contribution in [3.05, 3.63) is 87.4 Å². The first kappa shape index (κ1) is 47.7. The fourth-order valence-electron chi connectivity index (χ4n) is 7.12. The van der Waals surface area contributed by atoms with E-state index in [0.29, 0.717) is 107 Å². The predicted molar refractivity (Wildman–Crippen MR) is 231 cm³/mol. The topological polar surface area (TPSA) is 190 Å². The Hall–Kier alpha value is -5.80. The summed E-state index contributed by atoms with van der Waals surface area (Å²) in [6.45, 7) is 5.59. The van der Waals surface area contributed by atoms with Gasteiger partial charge in [-0.1, -0.05) is 11.2 Å². The molecule has 0 bridgehead atoms. The highest BCUT2D eigenvalue weighted by Gasteiger charge is 2.37. The quantitative estimate of drug-likeness (QED) is 0.0314. The number of hydrogen-bond acceptors (Lipinski definition) is 13. The number of fused-ring (bicyclic) bond motifs is 3. The Kier molecular flexibility index (Phi) is 17.7. The molecule has 0 spiro atoms. The molecule has 18 nitrogen and oxygen atoms in total. The summed E-state index contributed by atoms with van der Waals surface area (Å²) < 4.78 is 84.9. The van der Waals surface area contributed by atoms with Crippen molar-refractivity contribution in [3.63, 3.8) is 0 Å². The Labute approximate surface area is 366 Å². The van der Waals surface area contributed by atoms with E-state index in [2.05, 4.69) is 20.0 Å². The molecule has 64 heavy (non-hydrogen) atoms. The van der Waals surface area contributed by atoms with Crippen LogP contribution in [0.2, 0.25) is 0 Å². The Balaban J connectivity index is 0.940. The monoisotopic (exact) mass is 895 g/mol. The highest BCUT2D eigenvalue weighted by Crippen LogP contribution is 2.39. The van der Waals surface area contributed by atoms with E-state index in [1.807, 2.05) is 18.2 Å². The molecule has 1 fully saturated rings. The van der Waals surface area contributed by atoms with Crippen LogP contribution in [0, 0.1) is 0 Å². The highest BCUT2D eigenvalue weighted by atomic mass is 19.4. The highest BCUT2D eigenvalue weighted by molar-refractivity contribution is 6.04. The zero-order valence-corrected chi connectivity index (χ0v) is 35.8. The smallest absolute Gasteiger partial charge is 0.418 e. The number of benzene rings is 2. The lowest BCUT2D eigenvalue weighted by Gasteiger charge is -2.37. The number of halogens is 3. The minimum atomic E-state index is -4.74. The van der Waals surface area contributed by atoms with Gasteiger partial charge in [0.15, 0.2) is 0 Å². The van der Waals surface area contributed by atoms with E-state index in [1.165, 1.54) is 28.4 Å². The molecule has 1 saturated heterocycles. The summed E-state index contributed by atoms with van der Waals surface area (Å²) in [4.78, 5) is 41.4. The molecule has 3 aromatic heterocycles. The number of methoxy groups -OCH3 is 1. The molecule has 1 aliphatic rings. The van der Waals surface area contributed by atoms with Gasteiger partial charge in [0.25, 0.3) is 0 Å². The van der Waals surface area contributed by atoms with E-state index in [9.17, 15) is 22.8 Å².